The van der Waals surface area contributed by atoms with Crippen LogP contribution in [-0.2, 0) is 9.84 Å². The fourth-order valence-electron chi connectivity index (χ4n) is 2.95. The first-order chi connectivity index (χ1) is 14.7. The summed E-state index contributed by atoms with van der Waals surface area (Å²) in [7, 11) is 0.243. The van der Waals surface area contributed by atoms with Crippen LogP contribution in [0.2, 0.25) is 0 Å². The Bertz CT molecular complexity index is 1370. The maximum atomic E-state index is 13.6. The molecule has 3 N–H and O–H groups in total. The zero-order chi connectivity index (χ0) is 22.2. The number of fused-ring (bicyclic) bond motifs is 1. The van der Waals surface area contributed by atoms with Crippen molar-refractivity contribution in [3.05, 3.63) is 54.5 Å². The summed E-state index contributed by atoms with van der Waals surface area (Å²) in [6.07, 6.45) is 2.70. The molecule has 0 spiro atoms. The number of nitrogens with one attached hydrogen (secondary N) is 3. The van der Waals surface area contributed by atoms with Gasteiger partial charge in [-0.15, -0.1) is 0 Å². The van der Waals surface area contributed by atoms with Crippen LogP contribution in [-0.4, -0.2) is 48.9 Å². The highest BCUT2D eigenvalue weighted by Crippen LogP contribution is 2.27. The standard InChI is InChI=1S/C20H20FN7O2S/c1-28(2)14-9-13(10-15(11-14)31(3,29)30)23-20-22-7-6-18(25-20)24-19-16-8-12(21)4-5-17(16)26-27-19/h4-11H,1-3H3,(H3,22,23,24,25,26,27). The molecule has 160 valence electrons. The van der Waals surface area contributed by atoms with Gasteiger partial charge in [0.1, 0.15) is 11.6 Å². The van der Waals surface area contributed by atoms with Gasteiger partial charge in [0.15, 0.2) is 15.7 Å². The van der Waals surface area contributed by atoms with E-state index in [1.165, 1.54) is 18.2 Å². The van der Waals surface area contributed by atoms with Crippen LogP contribution < -0.4 is 15.5 Å². The summed E-state index contributed by atoms with van der Waals surface area (Å²) in [5.41, 5.74) is 1.92. The molecule has 0 saturated heterocycles. The smallest absolute Gasteiger partial charge is 0.229 e. The normalized spacial score (nSPS) is 11.5. The fraction of sp³-hybridized carbons (Fsp3) is 0.150. The Labute approximate surface area is 178 Å². The van der Waals surface area contributed by atoms with Gasteiger partial charge < -0.3 is 15.5 Å². The number of nitrogens with zero attached hydrogens (tertiary/aromatic N) is 4. The Morgan fingerprint density at radius 1 is 1.06 bits per heavy atom. The fourth-order valence-corrected chi connectivity index (χ4v) is 3.62. The van der Waals surface area contributed by atoms with Crippen molar-refractivity contribution in [1.82, 2.24) is 20.2 Å². The molecule has 2 heterocycles. The van der Waals surface area contributed by atoms with Gasteiger partial charge in [-0.3, -0.25) is 5.10 Å². The summed E-state index contributed by atoms with van der Waals surface area (Å²) in [6.45, 7) is 0. The van der Waals surface area contributed by atoms with Crippen LogP contribution in [0, 0.1) is 5.82 Å². The Hall–Kier alpha value is -3.73. The molecule has 2 aromatic carbocycles. The monoisotopic (exact) mass is 441 g/mol. The van der Waals surface area contributed by atoms with Crippen molar-refractivity contribution >= 4 is 49.7 Å². The number of halogens is 1. The minimum Gasteiger partial charge on any atom is -0.378 e. The SMILES string of the molecule is CN(C)c1cc(Nc2nccc(Nc3n[nH]c4ccc(F)cc34)n2)cc(S(C)(=O)=O)c1. The predicted octanol–water partition coefficient (Wildman–Crippen LogP) is 3.45. The average molecular weight is 441 g/mol. The zero-order valence-corrected chi connectivity index (χ0v) is 17.8. The van der Waals surface area contributed by atoms with Gasteiger partial charge in [-0.1, -0.05) is 0 Å². The Morgan fingerprint density at radius 2 is 1.87 bits per heavy atom. The molecule has 0 atom stereocenters. The van der Waals surface area contributed by atoms with Crippen LogP contribution in [0.15, 0.2) is 53.6 Å². The lowest BCUT2D eigenvalue weighted by atomic mass is 10.2. The van der Waals surface area contributed by atoms with Gasteiger partial charge >= 0.3 is 0 Å². The molecule has 0 radical (unpaired) electrons. The van der Waals surface area contributed by atoms with E-state index in [0.29, 0.717) is 33.9 Å². The predicted molar refractivity (Wildman–Crippen MR) is 119 cm³/mol. The van der Waals surface area contributed by atoms with E-state index in [0.717, 1.165) is 6.26 Å². The third-order valence-corrected chi connectivity index (χ3v) is 5.61. The van der Waals surface area contributed by atoms with Crippen molar-refractivity contribution in [2.24, 2.45) is 0 Å². The van der Waals surface area contributed by atoms with Crippen LogP contribution >= 0.6 is 0 Å². The lowest BCUT2D eigenvalue weighted by Gasteiger charge is -2.16. The zero-order valence-electron chi connectivity index (χ0n) is 17.0. The summed E-state index contributed by atoms with van der Waals surface area (Å²) < 4.78 is 37.7. The minimum absolute atomic E-state index is 0.181. The third kappa shape index (κ3) is 4.56. The molecule has 0 bridgehead atoms. The van der Waals surface area contributed by atoms with Gasteiger partial charge in [-0.2, -0.15) is 10.1 Å². The van der Waals surface area contributed by atoms with E-state index in [4.69, 9.17) is 0 Å². The molecule has 4 aromatic rings. The van der Waals surface area contributed by atoms with Gasteiger partial charge in [0.2, 0.25) is 5.95 Å². The minimum atomic E-state index is -3.40. The van der Waals surface area contributed by atoms with Gasteiger partial charge in [-0.05, 0) is 42.5 Å². The molecule has 0 aliphatic rings. The number of rotatable bonds is 6. The number of benzene rings is 2. The molecule has 31 heavy (non-hydrogen) atoms. The molecule has 0 saturated carbocycles. The molecular weight excluding hydrogens is 421 g/mol. The Kier molecular flexibility index (Phi) is 5.19. The van der Waals surface area contributed by atoms with Crippen LogP contribution in [0.3, 0.4) is 0 Å². The third-order valence-electron chi connectivity index (χ3n) is 4.52. The first kappa shape index (κ1) is 20.5. The van der Waals surface area contributed by atoms with Gasteiger partial charge in [-0.25, -0.2) is 17.8 Å². The number of aromatic amines is 1. The average Bonchev–Trinajstić information content (AvgIpc) is 3.09. The number of sulfone groups is 1. The largest absolute Gasteiger partial charge is 0.378 e. The quantitative estimate of drug-likeness (QED) is 0.417. The molecule has 2 aromatic heterocycles. The second-order valence-corrected chi connectivity index (χ2v) is 9.18. The van der Waals surface area contributed by atoms with Gasteiger partial charge in [0, 0.05) is 43.3 Å². The van der Waals surface area contributed by atoms with Crippen molar-refractivity contribution in [3.63, 3.8) is 0 Å². The highest BCUT2D eigenvalue weighted by molar-refractivity contribution is 7.90. The molecule has 0 unspecified atom stereocenters. The maximum absolute atomic E-state index is 13.6. The first-order valence-corrected chi connectivity index (χ1v) is 11.1. The highest BCUT2D eigenvalue weighted by atomic mass is 32.2. The topological polar surface area (TPSA) is 116 Å². The van der Waals surface area contributed by atoms with Crippen molar-refractivity contribution in [1.29, 1.82) is 0 Å². The number of H-pyrrole nitrogens is 1. The molecule has 4 rings (SSSR count). The number of hydrogen-bond donors (Lipinski definition) is 3. The molecule has 0 aliphatic carbocycles. The Morgan fingerprint density at radius 3 is 2.61 bits per heavy atom. The number of hydrogen-bond acceptors (Lipinski definition) is 8. The van der Waals surface area contributed by atoms with Crippen molar-refractivity contribution in [3.8, 4) is 0 Å². The second-order valence-electron chi connectivity index (χ2n) is 7.16. The van der Waals surface area contributed by atoms with Crippen LogP contribution in [0.5, 0.6) is 0 Å². The Balaban J connectivity index is 1.63. The van der Waals surface area contributed by atoms with E-state index < -0.39 is 9.84 Å². The summed E-state index contributed by atoms with van der Waals surface area (Å²) in [6, 6.07) is 10.9. The molecule has 11 heteroatoms. The highest BCUT2D eigenvalue weighted by Gasteiger charge is 2.13. The first-order valence-electron chi connectivity index (χ1n) is 9.22. The second kappa shape index (κ2) is 7.84. The van der Waals surface area contributed by atoms with Crippen molar-refractivity contribution in [2.75, 3.05) is 35.9 Å². The van der Waals surface area contributed by atoms with E-state index in [2.05, 4.69) is 30.8 Å². The summed E-state index contributed by atoms with van der Waals surface area (Å²) >= 11 is 0. The van der Waals surface area contributed by atoms with Crippen LogP contribution in [0.1, 0.15) is 0 Å². The maximum Gasteiger partial charge on any atom is 0.229 e. The van der Waals surface area contributed by atoms with Crippen LogP contribution in [0.25, 0.3) is 10.9 Å². The van der Waals surface area contributed by atoms with Crippen molar-refractivity contribution < 1.29 is 12.8 Å². The van der Waals surface area contributed by atoms with Gasteiger partial charge in [0.05, 0.1) is 10.4 Å². The molecular formula is C20H20FN7O2S. The number of anilines is 5. The van der Waals surface area contributed by atoms with E-state index in [-0.39, 0.29) is 16.7 Å². The van der Waals surface area contributed by atoms with E-state index in [1.807, 2.05) is 14.1 Å². The lowest BCUT2D eigenvalue weighted by molar-refractivity contribution is 0.602. The summed E-state index contributed by atoms with van der Waals surface area (Å²) in [5, 5.41) is 13.7. The molecule has 0 amide bonds. The van der Waals surface area contributed by atoms with E-state index >= 15 is 0 Å². The van der Waals surface area contributed by atoms with Gasteiger partial charge in [0.25, 0.3) is 0 Å². The van der Waals surface area contributed by atoms with Crippen molar-refractivity contribution in [2.45, 2.75) is 4.90 Å². The lowest BCUT2D eigenvalue weighted by Crippen LogP contribution is -2.11. The summed E-state index contributed by atoms with van der Waals surface area (Å²) in [5.74, 6) is 0.742. The summed E-state index contributed by atoms with van der Waals surface area (Å²) in [4.78, 5) is 10.6. The van der Waals surface area contributed by atoms with Crippen LogP contribution in [0.4, 0.5) is 33.3 Å². The molecule has 0 fully saturated rings. The molecule has 0 aliphatic heterocycles. The molecule has 9 nitrogen and oxygen atoms in total. The number of aromatic nitrogens is 4. The van der Waals surface area contributed by atoms with E-state index in [1.54, 1.807) is 35.4 Å². The van der Waals surface area contributed by atoms with E-state index in [9.17, 15) is 12.8 Å².